The van der Waals surface area contributed by atoms with E-state index in [1.807, 2.05) is 11.3 Å². The van der Waals surface area contributed by atoms with Gasteiger partial charge in [0.15, 0.2) is 0 Å². The number of rotatable bonds is 5. The van der Waals surface area contributed by atoms with Crippen LogP contribution in [0.1, 0.15) is 25.0 Å². The zero-order valence-corrected chi connectivity index (χ0v) is 30.9. The molecule has 256 valence electrons. The molecule has 54 heavy (non-hydrogen) atoms. The third-order valence-electron chi connectivity index (χ3n) is 11.6. The fourth-order valence-electron chi connectivity index (χ4n) is 8.98. The third-order valence-corrected chi connectivity index (χ3v) is 12.8. The summed E-state index contributed by atoms with van der Waals surface area (Å²) < 4.78 is 4.98. The van der Waals surface area contributed by atoms with Crippen LogP contribution < -0.4 is 4.90 Å². The summed E-state index contributed by atoms with van der Waals surface area (Å²) in [5, 5.41) is 5.12. The van der Waals surface area contributed by atoms with Gasteiger partial charge in [0.2, 0.25) is 0 Å². The maximum absolute atomic E-state index is 2.47. The molecular weight excluding hydrogens is 673 g/mol. The first-order valence-corrected chi connectivity index (χ1v) is 19.5. The standard InChI is InChI=1S/C51H36N2S/c1-51(2)44-19-9-6-15-38(44)39-29-27-36(31-45(39)51)52(35-25-23-34(24-26-35)33-13-4-3-5-14-33)48-22-12-18-43-42-30-28-37(32-49(42)54-50(43)48)53-46-20-10-7-16-40(46)41-17-8-11-21-47(41)53/h3-32H,1-2H3. The molecule has 0 spiro atoms. The SMILES string of the molecule is CC1(C)c2ccccc2-c2ccc(N(c3ccc(-c4ccccc4)cc3)c3cccc4c3sc3cc(-n5c6ccccc6c6ccccc65)ccc34)cc21. The predicted molar refractivity (Wildman–Crippen MR) is 231 cm³/mol. The van der Waals surface area contributed by atoms with Crippen LogP contribution in [0.5, 0.6) is 0 Å². The van der Waals surface area contributed by atoms with Gasteiger partial charge in [0, 0.05) is 48.7 Å². The molecule has 0 atom stereocenters. The lowest BCUT2D eigenvalue weighted by molar-refractivity contribution is 0.660. The molecule has 2 nitrogen and oxygen atoms in total. The van der Waals surface area contributed by atoms with Crippen LogP contribution in [0.4, 0.5) is 17.1 Å². The van der Waals surface area contributed by atoms with Gasteiger partial charge in [-0.05, 0) is 88.0 Å². The van der Waals surface area contributed by atoms with Gasteiger partial charge in [-0.2, -0.15) is 0 Å². The Hall–Kier alpha value is -6.42. The van der Waals surface area contributed by atoms with Crippen LogP contribution in [0.15, 0.2) is 182 Å². The lowest BCUT2D eigenvalue weighted by Gasteiger charge is -2.28. The van der Waals surface area contributed by atoms with Crippen molar-refractivity contribution in [1.82, 2.24) is 4.57 Å². The van der Waals surface area contributed by atoms with Gasteiger partial charge in [-0.25, -0.2) is 0 Å². The van der Waals surface area contributed by atoms with E-state index in [2.05, 4.69) is 205 Å². The zero-order chi connectivity index (χ0) is 36.0. The van der Waals surface area contributed by atoms with E-state index in [1.54, 1.807) is 0 Å². The lowest BCUT2D eigenvalue weighted by Crippen LogP contribution is -2.16. The Bertz CT molecular complexity index is 3020. The van der Waals surface area contributed by atoms with Crippen LogP contribution in [0.3, 0.4) is 0 Å². The van der Waals surface area contributed by atoms with Crippen molar-refractivity contribution in [2.24, 2.45) is 0 Å². The minimum absolute atomic E-state index is 0.0996. The second-order valence-electron chi connectivity index (χ2n) is 15.0. The number of aromatic nitrogens is 1. The Labute approximate surface area is 318 Å². The van der Waals surface area contributed by atoms with Crippen LogP contribution in [0, 0.1) is 0 Å². The van der Waals surface area contributed by atoms with Crippen molar-refractivity contribution in [3.8, 4) is 27.9 Å². The summed E-state index contributed by atoms with van der Waals surface area (Å²) in [5.74, 6) is 0. The van der Waals surface area contributed by atoms with Gasteiger partial charge in [0.05, 0.1) is 21.4 Å². The van der Waals surface area contributed by atoms with Crippen molar-refractivity contribution < 1.29 is 0 Å². The Kier molecular flexibility index (Phi) is 6.80. The summed E-state index contributed by atoms with van der Waals surface area (Å²) >= 11 is 1.89. The van der Waals surface area contributed by atoms with Gasteiger partial charge in [0.1, 0.15) is 0 Å². The summed E-state index contributed by atoms with van der Waals surface area (Å²) in [6.07, 6.45) is 0. The number of benzene rings is 8. The van der Waals surface area contributed by atoms with E-state index >= 15 is 0 Å². The first-order chi connectivity index (χ1) is 26.5. The summed E-state index contributed by atoms with van der Waals surface area (Å²) in [6, 6.07) is 67.0. The minimum atomic E-state index is -0.0996. The van der Waals surface area contributed by atoms with Crippen molar-refractivity contribution >= 4 is 70.4 Å². The summed E-state index contributed by atoms with van der Waals surface area (Å²) in [6.45, 7) is 4.73. The molecule has 0 radical (unpaired) electrons. The number of hydrogen-bond donors (Lipinski definition) is 0. The molecular formula is C51H36N2S. The summed E-state index contributed by atoms with van der Waals surface area (Å²) in [5.41, 5.74) is 14.9. The first kappa shape index (κ1) is 31.1. The molecule has 10 aromatic rings. The van der Waals surface area contributed by atoms with E-state index in [9.17, 15) is 0 Å². The van der Waals surface area contributed by atoms with Crippen LogP contribution in [0.2, 0.25) is 0 Å². The quantitative estimate of drug-likeness (QED) is 0.173. The van der Waals surface area contributed by atoms with E-state index in [1.165, 1.54) is 86.7 Å². The van der Waals surface area contributed by atoms with Crippen molar-refractivity contribution in [3.63, 3.8) is 0 Å². The Balaban J connectivity index is 1.11. The zero-order valence-electron chi connectivity index (χ0n) is 30.1. The van der Waals surface area contributed by atoms with Crippen molar-refractivity contribution in [2.45, 2.75) is 19.3 Å². The monoisotopic (exact) mass is 708 g/mol. The molecule has 8 aromatic carbocycles. The van der Waals surface area contributed by atoms with Crippen LogP contribution in [-0.4, -0.2) is 4.57 Å². The molecule has 1 aliphatic rings. The number of para-hydroxylation sites is 2. The first-order valence-electron chi connectivity index (χ1n) is 18.7. The van der Waals surface area contributed by atoms with Gasteiger partial charge in [0.25, 0.3) is 0 Å². The summed E-state index contributed by atoms with van der Waals surface area (Å²) in [7, 11) is 0. The molecule has 0 amide bonds. The molecule has 11 rings (SSSR count). The molecule has 0 saturated heterocycles. The highest BCUT2D eigenvalue weighted by atomic mass is 32.1. The van der Waals surface area contributed by atoms with Crippen LogP contribution in [0.25, 0.3) is 69.9 Å². The highest BCUT2D eigenvalue weighted by molar-refractivity contribution is 7.26. The fraction of sp³-hybridized carbons (Fsp3) is 0.0588. The fourth-order valence-corrected chi connectivity index (χ4v) is 10.2. The van der Waals surface area contributed by atoms with E-state index in [0.717, 1.165) is 11.4 Å². The molecule has 0 unspecified atom stereocenters. The Morgan fingerprint density at radius 1 is 0.463 bits per heavy atom. The Morgan fingerprint density at radius 3 is 1.87 bits per heavy atom. The van der Waals surface area contributed by atoms with E-state index < -0.39 is 0 Å². The molecule has 0 N–H and O–H groups in total. The molecule has 0 bridgehead atoms. The molecule has 2 aromatic heterocycles. The normalized spacial score (nSPS) is 13.1. The number of anilines is 3. The number of hydrogen-bond acceptors (Lipinski definition) is 2. The van der Waals surface area contributed by atoms with Crippen molar-refractivity contribution in [1.29, 1.82) is 0 Å². The van der Waals surface area contributed by atoms with Crippen molar-refractivity contribution in [2.75, 3.05) is 4.90 Å². The van der Waals surface area contributed by atoms with Crippen LogP contribution in [-0.2, 0) is 5.41 Å². The predicted octanol–water partition coefficient (Wildman–Crippen LogP) is 14.6. The van der Waals surface area contributed by atoms with Gasteiger partial charge in [-0.15, -0.1) is 11.3 Å². The van der Waals surface area contributed by atoms with E-state index in [-0.39, 0.29) is 5.41 Å². The maximum atomic E-state index is 2.47. The van der Waals surface area contributed by atoms with Gasteiger partial charge < -0.3 is 9.47 Å². The van der Waals surface area contributed by atoms with Gasteiger partial charge in [-0.1, -0.05) is 141 Å². The topological polar surface area (TPSA) is 8.17 Å². The molecule has 0 aliphatic heterocycles. The highest BCUT2D eigenvalue weighted by Crippen LogP contribution is 2.52. The second-order valence-corrected chi connectivity index (χ2v) is 16.0. The average molecular weight is 709 g/mol. The van der Waals surface area contributed by atoms with Gasteiger partial charge >= 0.3 is 0 Å². The average Bonchev–Trinajstić information content (AvgIpc) is 3.84. The molecule has 1 aliphatic carbocycles. The largest absolute Gasteiger partial charge is 0.309 e. The number of fused-ring (bicyclic) bond motifs is 9. The van der Waals surface area contributed by atoms with E-state index in [4.69, 9.17) is 0 Å². The number of nitrogens with zero attached hydrogens (tertiary/aromatic N) is 2. The minimum Gasteiger partial charge on any atom is -0.309 e. The molecule has 0 fully saturated rings. The third kappa shape index (κ3) is 4.58. The van der Waals surface area contributed by atoms with Gasteiger partial charge in [-0.3, -0.25) is 0 Å². The number of thiophene rings is 1. The highest BCUT2D eigenvalue weighted by Gasteiger charge is 2.36. The smallest absolute Gasteiger partial charge is 0.0640 e. The Morgan fingerprint density at radius 2 is 1.09 bits per heavy atom. The second kappa shape index (κ2) is 11.8. The van der Waals surface area contributed by atoms with Crippen molar-refractivity contribution in [3.05, 3.63) is 193 Å². The van der Waals surface area contributed by atoms with Crippen LogP contribution >= 0.6 is 11.3 Å². The molecule has 0 saturated carbocycles. The van der Waals surface area contributed by atoms with E-state index in [0.29, 0.717) is 0 Å². The lowest BCUT2D eigenvalue weighted by atomic mass is 9.82. The molecule has 3 heteroatoms. The summed E-state index contributed by atoms with van der Waals surface area (Å²) in [4.78, 5) is 2.47. The molecule has 2 heterocycles. The maximum Gasteiger partial charge on any atom is 0.0640 e.